The first kappa shape index (κ1) is 14.5. The Morgan fingerprint density at radius 3 is 2.73 bits per heavy atom. The topological polar surface area (TPSA) is 58.4 Å². The molecule has 0 saturated heterocycles. The van der Waals surface area contributed by atoms with E-state index in [1.54, 1.807) is 23.5 Å². The van der Waals surface area contributed by atoms with Crippen LogP contribution in [-0.4, -0.2) is 44.7 Å². The molecule has 1 aliphatic carbocycles. The predicted molar refractivity (Wildman–Crippen MR) is 84.4 cm³/mol. The SMILES string of the molecule is O=C(/C=C/c1ccc(-n2ccnc2)cc1)N(CCO)C1CC1. The fraction of sp³-hybridized carbons (Fsp3) is 0.294. The molecule has 1 amide bonds. The van der Waals surface area contributed by atoms with Gasteiger partial charge in [0, 0.05) is 36.7 Å². The molecule has 5 heteroatoms. The maximum absolute atomic E-state index is 12.2. The predicted octanol–water partition coefficient (Wildman–Crippen LogP) is 1.87. The van der Waals surface area contributed by atoms with Gasteiger partial charge in [-0.1, -0.05) is 12.1 Å². The summed E-state index contributed by atoms with van der Waals surface area (Å²) < 4.78 is 1.93. The zero-order valence-electron chi connectivity index (χ0n) is 12.3. The Morgan fingerprint density at radius 2 is 2.14 bits per heavy atom. The van der Waals surface area contributed by atoms with E-state index in [1.165, 1.54) is 0 Å². The second-order valence-corrected chi connectivity index (χ2v) is 5.38. The molecule has 1 aromatic heterocycles. The van der Waals surface area contributed by atoms with Crippen LogP contribution in [0.2, 0.25) is 0 Å². The van der Waals surface area contributed by atoms with Crippen molar-refractivity contribution in [3.63, 3.8) is 0 Å². The van der Waals surface area contributed by atoms with Crippen LogP contribution in [0, 0.1) is 0 Å². The number of hydrogen-bond donors (Lipinski definition) is 1. The molecule has 1 aliphatic rings. The maximum Gasteiger partial charge on any atom is 0.246 e. The molecule has 22 heavy (non-hydrogen) atoms. The van der Waals surface area contributed by atoms with Crippen LogP contribution in [0.5, 0.6) is 0 Å². The molecule has 1 fully saturated rings. The van der Waals surface area contributed by atoms with Gasteiger partial charge in [-0.05, 0) is 36.6 Å². The summed E-state index contributed by atoms with van der Waals surface area (Å²) >= 11 is 0. The van der Waals surface area contributed by atoms with Gasteiger partial charge in [-0.15, -0.1) is 0 Å². The number of aliphatic hydroxyl groups is 1. The first-order chi connectivity index (χ1) is 10.8. The summed E-state index contributed by atoms with van der Waals surface area (Å²) in [5, 5.41) is 9.04. The standard InChI is InChI=1S/C17H19N3O2/c21-12-11-20(16-6-7-16)17(22)8-3-14-1-4-15(5-2-14)19-10-9-18-13-19/h1-5,8-10,13,16,21H,6-7,11-12H2/b8-3+. The molecule has 0 unspecified atom stereocenters. The van der Waals surface area contributed by atoms with Gasteiger partial charge in [0.2, 0.25) is 5.91 Å². The second kappa shape index (κ2) is 6.58. The number of aromatic nitrogens is 2. The zero-order chi connectivity index (χ0) is 15.4. The molecule has 1 saturated carbocycles. The molecule has 1 aromatic carbocycles. The average Bonchev–Trinajstić information content (AvgIpc) is 3.24. The van der Waals surface area contributed by atoms with Crippen LogP contribution in [0.3, 0.4) is 0 Å². The van der Waals surface area contributed by atoms with Crippen LogP contribution < -0.4 is 0 Å². The molecule has 1 N–H and O–H groups in total. The van der Waals surface area contributed by atoms with E-state index in [0.29, 0.717) is 12.6 Å². The second-order valence-electron chi connectivity index (χ2n) is 5.38. The minimum atomic E-state index is -0.0322. The summed E-state index contributed by atoms with van der Waals surface area (Å²) in [7, 11) is 0. The van der Waals surface area contributed by atoms with Gasteiger partial charge in [-0.2, -0.15) is 0 Å². The average molecular weight is 297 g/mol. The van der Waals surface area contributed by atoms with Crippen LogP contribution in [-0.2, 0) is 4.79 Å². The number of hydrogen-bond acceptors (Lipinski definition) is 3. The van der Waals surface area contributed by atoms with E-state index < -0.39 is 0 Å². The number of amides is 1. The molecular weight excluding hydrogens is 278 g/mol. The summed E-state index contributed by atoms with van der Waals surface area (Å²) in [6.07, 6.45) is 10.8. The lowest BCUT2D eigenvalue weighted by Crippen LogP contribution is -2.34. The van der Waals surface area contributed by atoms with Crippen molar-refractivity contribution >= 4 is 12.0 Å². The normalized spacial score (nSPS) is 14.4. The van der Waals surface area contributed by atoms with Crippen LogP contribution in [0.25, 0.3) is 11.8 Å². The van der Waals surface area contributed by atoms with Gasteiger partial charge >= 0.3 is 0 Å². The lowest BCUT2D eigenvalue weighted by molar-refractivity contribution is -0.127. The number of carbonyl (C=O) groups excluding carboxylic acids is 1. The van der Waals surface area contributed by atoms with Gasteiger partial charge in [0.25, 0.3) is 0 Å². The highest BCUT2D eigenvalue weighted by molar-refractivity contribution is 5.92. The van der Waals surface area contributed by atoms with Crippen molar-refractivity contribution < 1.29 is 9.90 Å². The van der Waals surface area contributed by atoms with Crippen LogP contribution in [0.4, 0.5) is 0 Å². The Hall–Kier alpha value is -2.40. The van der Waals surface area contributed by atoms with Crippen LogP contribution in [0.1, 0.15) is 18.4 Å². The molecule has 0 radical (unpaired) electrons. The summed E-state index contributed by atoms with van der Waals surface area (Å²) in [6.45, 7) is 0.420. The lowest BCUT2D eigenvalue weighted by Gasteiger charge is -2.19. The lowest BCUT2D eigenvalue weighted by atomic mass is 10.2. The van der Waals surface area contributed by atoms with Crippen molar-refractivity contribution in [3.8, 4) is 5.69 Å². The molecule has 0 aliphatic heterocycles. The Morgan fingerprint density at radius 1 is 1.36 bits per heavy atom. The Bertz CT molecular complexity index is 643. The molecule has 3 rings (SSSR count). The van der Waals surface area contributed by atoms with Gasteiger partial charge in [-0.3, -0.25) is 4.79 Å². The largest absolute Gasteiger partial charge is 0.395 e. The van der Waals surface area contributed by atoms with E-state index in [2.05, 4.69) is 4.98 Å². The van der Waals surface area contributed by atoms with Gasteiger partial charge < -0.3 is 14.6 Å². The number of aliphatic hydroxyl groups excluding tert-OH is 1. The molecule has 2 aromatic rings. The molecule has 0 spiro atoms. The van der Waals surface area contributed by atoms with Crippen LogP contribution in [0.15, 0.2) is 49.1 Å². The number of rotatable bonds is 6. The minimum absolute atomic E-state index is 0.00961. The monoisotopic (exact) mass is 297 g/mol. The smallest absolute Gasteiger partial charge is 0.246 e. The molecule has 0 atom stereocenters. The fourth-order valence-electron chi connectivity index (χ4n) is 2.40. The summed E-state index contributed by atoms with van der Waals surface area (Å²) in [5.74, 6) is -0.0322. The highest BCUT2D eigenvalue weighted by Gasteiger charge is 2.30. The molecule has 1 heterocycles. The first-order valence-corrected chi connectivity index (χ1v) is 7.46. The number of nitrogens with zero attached hydrogens (tertiary/aromatic N) is 3. The zero-order valence-corrected chi connectivity index (χ0v) is 12.3. The highest BCUT2D eigenvalue weighted by atomic mass is 16.3. The first-order valence-electron chi connectivity index (χ1n) is 7.46. The van der Waals surface area contributed by atoms with Crippen molar-refractivity contribution in [2.45, 2.75) is 18.9 Å². The van der Waals surface area contributed by atoms with E-state index in [4.69, 9.17) is 5.11 Å². The summed E-state index contributed by atoms with van der Waals surface area (Å²) in [4.78, 5) is 17.9. The van der Waals surface area contributed by atoms with E-state index in [-0.39, 0.29) is 12.5 Å². The summed E-state index contributed by atoms with van der Waals surface area (Å²) in [6, 6.07) is 8.21. The van der Waals surface area contributed by atoms with Gasteiger partial charge in [0.15, 0.2) is 0 Å². The molecular formula is C17H19N3O2. The van der Waals surface area contributed by atoms with Crippen molar-refractivity contribution in [1.29, 1.82) is 0 Å². The fourth-order valence-corrected chi connectivity index (χ4v) is 2.40. The minimum Gasteiger partial charge on any atom is -0.395 e. The van der Waals surface area contributed by atoms with Gasteiger partial charge in [0.05, 0.1) is 12.9 Å². The third-order valence-corrected chi connectivity index (χ3v) is 3.73. The van der Waals surface area contributed by atoms with E-state index >= 15 is 0 Å². The number of benzene rings is 1. The third kappa shape index (κ3) is 3.43. The third-order valence-electron chi connectivity index (χ3n) is 3.73. The number of carbonyl (C=O) groups is 1. The van der Waals surface area contributed by atoms with Crippen molar-refractivity contribution in [2.75, 3.05) is 13.2 Å². The molecule has 0 bridgehead atoms. The van der Waals surface area contributed by atoms with Crippen molar-refractivity contribution in [1.82, 2.24) is 14.5 Å². The molecule has 114 valence electrons. The Labute approximate surface area is 129 Å². The van der Waals surface area contributed by atoms with E-state index in [1.807, 2.05) is 41.1 Å². The maximum atomic E-state index is 12.2. The van der Waals surface area contributed by atoms with Crippen molar-refractivity contribution in [2.24, 2.45) is 0 Å². The highest BCUT2D eigenvalue weighted by Crippen LogP contribution is 2.26. The van der Waals surface area contributed by atoms with E-state index in [9.17, 15) is 4.79 Å². The van der Waals surface area contributed by atoms with E-state index in [0.717, 1.165) is 24.1 Å². The Balaban J connectivity index is 1.65. The Kier molecular flexibility index (Phi) is 4.34. The quantitative estimate of drug-likeness (QED) is 0.828. The summed E-state index contributed by atoms with van der Waals surface area (Å²) in [5.41, 5.74) is 2.00. The van der Waals surface area contributed by atoms with Crippen LogP contribution >= 0.6 is 0 Å². The molecule has 5 nitrogen and oxygen atoms in total. The van der Waals surface area contributed by atoms with Gasteiger partial charge in [-0.25, -0.2) is 4.98 Å². The van der Waals surface area contributed by atoms with Crippen molar-refractivity contribution in [3.05, 3.63) is 54.6 Å². The van der Waals surface area contributed by atoms with Gasteiger partial charge in [0.1, 0.15) is 0 Å². The number of imidazole rings is 1.